The standard InChI is InChI=1S/C4H6BNO/c5-3-1-2-4(3)6-7/h3-4H,1-2H2. The van der Waals surface area contributed by atoms with Crippen molar-refractivity contribution in [2.75, 3.05) is 0 Å². The zero-order chi connectivity index (χ0) is 5.28. The van der Waals surface area contributed by atoms with Gasteiger partial charge in [-0.15, -0.1) is 0 Å². The Morgan fingerprint density at radius 1 is 1.57 bits per heavy atom. The molecule has 2 nitrogen and oxygen atoms in total. The lowest BCUT2D eigenvalue weighted by molar-refractivity contribution is 0.418. The number of nitrogens with zero attached hydrogens (tertiary/aromatic N) is 1. The van der Waals surface area contributed by atoms with Crippen molar-refractivity contribution in [2.45, 2.75) is 24.7 Å². The second kappa shape index (κ2) is 1.64. The second-order valence-corrected chi connectivity index (χ2v) is 1.91. The summed E-state index contributed by atoms with van der Waals surface area (Å²) < 4.78 is 0. The SMILES string of the molecule is [B]C1CCC1N=O. The molecule has 7 heavy (non-hydrogen) atoms. The maximum Gasteiger partial charge on any atom is 0.0870 e. The fourth-order valence-electron chi connectivity index (χ4n) is 0.639. The van der Waals surface area contributed by atoms with Gasteiger partial charge < -0.3 is 0 Å². The number of rotatable bonds is 1. The highest BCUT2D eigenvalue weighted by atomic mass is 16.3. The minimum absolute atomic E-state index is 0.0671. The third kappa shape index (κ3) is 0.669. The summed E-state index contributed by atoms with van der Waals surface area (Å²) in [6.07, 6.45) is 1.86. The summed E-state index contributed by atoms with van der Waals surface area (Å²) in [5.41, 5.74) is 0. The van der Waals surface area contributed by atoms with Crippen LogP contribution in [0.25, 0.3) is 0 Å². The molecule has 1 fully saturated rings. The van der Waals surface area contributed by atoms with Crippen molar-refractivity contribution in [3.8, 4) is 0 Å². The third-order valence-electron chi connectivity index (χ3n) is 1.43. The summed E-state index contributed by atoms with van der Waals surface area (Å²) in [4.78, 5) is 9.67. The van der Waals surface area contributed by atoms with Crippen LogP contribution in [0.15, 0.2) is 5.18 Å². The van der Waals surface area contributed by atoms with Gasteiger partial charge in [-0.05, 0) is 6.42 Å². The molecule has 0 aliphatic heterocycles. The van der Waals surface area contributed by atoms with Crippen molar-refractivity contribution in [1.82, 2.24) is 0 Å². The van der Waals surface area contributed by atoms with E-state index < -0.39 is 0 Å². The van der Waals surface area contributed by atoms with E-state index in [1.807, 2.05) is 0 Å². The number of hydrogen-bond donors (Lipinski definition) is 0. The fourth-order valence-corrected chi connectivity index (χ4v) is 0.639. The Kier molecular flexibility index (Phi) is 1.13. The third-order valence-corrected chi connectivity index (χ3v) is 1.43. The van der Waals surface area contributed by atoms with Gasteiger partial charge in [0, 0.05) is 0 Å². The molecule has 1 saturated carbocycles. The molecule has 0 spiro atoms. The van der Waals surface area contributed by atoms with Crippen LogP contribution in [-0.2, 0) is 0 Å². The molecule has 0 amide bonds. The Morgan fingerprint density at radius 2 is 2.29 bits per heavy atom. The predicted octanol–water partition coefficient (Wildman–Crippen LogP) is 0.872. The van der Waals surface area contributed by atoms with Gasteiger partial charge in [0.05, 0.1) is 13.9 Å². The minimum atomic E-state index is -0.0694. The summed E-state index contributed by atoms with van der Waals surface area (Å²) in [6, 6.07) is -0.0694. The molecule has 0 heterocycles. The predicted molar refractivity (Wildman–Crippen MR) is 28.3 cm³/mol. The van der Waals surface area contributed by atoms with E-state index in [0.29, 0.717) is 0 Å². The van der Waals surface area contributed by atoms with Crippen LogP contribution in [0.4, 0.5) is 0 Å². The summed E-state index contributed by atoms with van der Waals surface area (Å²) in [6.45, 7) is 0. The van der Waals surface area contributed by atoms with Gasteiger partial charge in [-0.1, -0.05) is 17.4 Å². The molecule has 0 saturated heterocycles. The van der Waals surface area contributed by atoms with Crippen molar-refractivity contribution in [1.29, 1.82) is 0 Å². The maximum absolute atomic E-state index is 9.67. The largest absolute Gasteiger partial charge is 0.151 e. The maximum atomic E-state index is 9.67. The lowest BCUT2D eigenvalue weighted by atomic mass is 9.67. The first-order valence-electron chi connectivity index (χ1n) is 2.42. The topological polar surface area (TPSA) is 29.4 Å². The summed E-state index contributed by atoms with van der Waals surface area (Å²) in [5.74, 6) is 0.0671. The normalized spacial score (nSPS) is 39.4. The molecule has 2 atom stereocenters. The van der Waals surface area contributed by atoms with Crippen molar-refractivity contribution in [2.24, 2.45) is 5.18 Å². The molecule has 0 aromatic heterocycles. The van der Waals surface area contributed by atoms with E-state index in [-0.39, 0.29) is 11.9 Å². The lowest BCUT2D eigenvalue weighted by Crippen LogP contribution is -2.23. The summed E-state index contributed by atoms with van der Waals surface area (Å²) in [5, 5.41) is 2.80. The molecule has 0 aromatic rings. The molecule has 0 N–H and O–H groups in total. The smallest absolute Gasteiger partial charge is 0.0870 e. The quantitative estimate of drug-likeness (QED) is 0.351. The fraction of sp³-hybridized carbons (Fsp3) is 1.00. The van der Waals surface area contributed by atoms with Gasteiger partial charge in [0.25, 0.3) is 0 Å². The van der Waals surface area contributed by atoms with Gasteiger partial charge in [0.1, 0.15) is 0 Å². The Bertz CT molecular complexity index is 85.8. The monoisotopic (exact) mass is 95.1 g/mol. The van der Waals surface area contributed by atoms with Crippen LogP contribution >= 0.6 is 0 Å². The van der Waals surface area contributed by atoms with Gasteiger partial charge in [0.2, 0.25) is 0 Å². The molecule has 2 radical (unpaired) electrons. The first-order chi connectivity index (χ1) is 3.34. The first-order valence-corrected chi connectivity index (χ1v) is 2.42. The van der Waals surface area contributed by atoms with Crippen LogP contribution in [0.2, 0.25) is 5.82 Å². The van der Waals surface area contributed by atoms with E-state index >= 15 is 0 Å². The van der Waals surface area contributed by atoms with E-state index in [2.05, 4.69) is 5.18 Å². The van der Waals surface area contributed by atoms with E-state index in [4.69, 9.17) is 7.85 Å². The first kappa shape index (κ1) is 4.81. The van der Waals surface area contributed by atoms with Gasteiger partial charge in [0.15, 0.2) is 0 Å². The molecule has 36 valence electrons. The molecular formula is C4H6BNO. The Balaban J connectivity index is 2.28. The molecule has 1 aliphatic carbocycles. The molecule has 0 bridgehead atoms. The Morgan fingerprint density at radius 3 is 2.29 bits per heavy atom. The van der Waals surface area contributed by atoms with E-state index in [0.717, 1.165) is 12.8 Å². The van der Waals surface area contributed by atoms with E-state index in [9.17, 15) is 4.91 Å². The van der Waals surface area contributed by atoms with E-state index in [1.54, 1.807) is 0 Å². The van der Waals surface area contributed by atoms with Gasteiger partial charge in [-0.2, -0.15) is 4.91 Å². The Hall–Kier alpha value is -0.335. The Labute approximate surface area is 43.7 Å². The molecule has 3 heteroatoms. The van der Waals surface area contributed by atoms with Gasteiger partial charge in [-0.25, -0.2) is 0 Å². The van der Waals surface area contributed by atoms with E-state index in [1.165, 1.54) is 0 Å². The average Bonchev–Trinajstić information content (AvgIpc) is 1.65. The summed E-state index contributed by atoms with van der Waals surface area (Å²) in [7, 11) is 5.34. The van der Waals surface area contributed by atoms with Crippen LogP contribution in [0.1, 0.15) is 12.8 Å². The minimum Gasteiger partial charge on any atom is -0.151 e. The zero-order valence-corrected chi connectivity index (χ0v) is 4.00. The molecular weight excluding hydrogens is 88.9 g/mol. The molecule has 0 aromatic carbocycles. The van der Waals surface area contributed by atoms with Crippen LogP contribution in [0.3, 0.4) is 0 Å². The average molecular weight is 94.9 g/mol. The zero-order valence-electron chi connectivity index (χ0n) is 4.00. The molecule has 1 aliphatic rings. The van der Waals surface area contributed by atoms with Crippen LogP contribution < -0.4 is 0 Å². The van der Waals surface area contributed by atoms with Crippen LogP contribution in [0, 0.1) is 4.91 Å². The van der Waals surface area contributed by atoms with Crippen molar-refractivity contribution in [3.63, 3.8) is 0 Å². The van der Waals surface area contributed by atoms with Crippen LogP contribution in [0.5, 0.6) is 0 Å². The van der Waals surface area contributed by atoms with Gasteiger partial charge in [-0.3, -0.25) is 0 Å². The lowest BCUT2D eigenvalue weighted by Gasteiger charge is -2.27. The van der Waals surface area contributed by atoms with Crippen molar-refractivity contribution in [3.05, 3.63) is 4.91 Å². The van der Waals surface area contributed by atoms with Crippen LogP contribution in [-0.4, -0.2) is 13.9 Å². The molecule has 1 rings (SSSR count). The highest BCUT2D eigenvalue weighted by molar-refractivity contribution is 6.12. The molecule has 2 unspecified atom stereocenters. The van der Waals surface area contributed by atoms with Crippen molar-refractivity contribution >= 4 is 7.85 Å². The number of nitroso groups, excluding NO2 is 1. The number of hydrogen-bond acceptors (Lipinski definition) is 2. The summed E-state index contributed by atoms with van der Waals surface area (Å²) >= 11 is 0. The highest BCUT2D eigenvalue weighted by Gasteiger charge is 2.26. The highest BCUT2D eigenvalue weighted by Crippen LogP contribution is 2.32. The van der Waals surface area contributed by atoms with Gasteiger partial charge >= 0.3 is 0 Å². The van der Waals surface area contributed by atoms with Crippen molar-refractivity contribution < 1.29 is 0 Å². The second-order valence-electron chi connectivity index (χ2n) is 1.91.